The quantitative estimate of drug-likeness (QED) is 0.582. The van der Waals surface area contributed by atoms with Gasteiger partial charge in [-0.3, -0.25) is 4.79 Å². The van der Waals surface area contributed by atoms with Gasteiger partial charge in [0.25, 0.3) is 0 Å². The first-order chi connectivity index (χ1) is 8.98. The van der Waals surface area contributed by atoms with Crippen LogP contribution in [-0.2, 0) is 6.42 Å². The maximum atomic E-state index is 12.6. The topological polar surface area (TPSA) is 17.1 Å². The smallest absolute Gasteiger partial charge is 0.168 e. The molecule has 0 bridgehead atoms. The van der Waals surface area contributed by atoms with Crippen LogP contribution < -0.4 is 0 Å². The van der Waals surface area contributed by atoms with E-state index in [9.17, 15) is 4.79 Å². The summed E-state index contributed by atoms with van der Waals surface area (Å²) >= 11 is 0. The minimum absolute atomic E-state index is 0.233. The second-order valence-electron chi connectivity index (χ2n) is 6.24. The number of benzene rings is 2. The van der Waals surface area contributed by atoms with E-state index in [4.69, 9.17) is 0 Å². The van der Waals surface area contributed by atoms with Gasteiger partial charge in [-0.1, -0.05) is 63.2 Å². The van der Waals surface area contributed by atoms with Crippen LogP contribution in [-0.4, -0.2) is 5.78 Å². The summed E-state index contributed by atoms with van der Waals surface area (Å²) in [5.74, 6) is 0.233. The molecular weight excluding hydrogens is 232 g/mol. The predicted molar refractivity (Wildman–Crippen MR) is 78.5 cm³/mol. The summed E-state index contributed by atoms with van der Waals surface area (Å²) in [6, 6.07) is 14.5. The summed E-state index contributed by atoms with van der Waals surface area (Å²) in [6.45, 7) is 5.95. The fourth-order valence-electron chi connectivity index (χ4n) is 2.77. The molecule has 19 heavy (non-hydrogen) atoms. The molecular formula is C18H18O. The van der Waals surface area contributed by atoms with E-state index in [0.717, 1.165) is 12.0 Å². The van der Waals surface area contributed by atoms with E-state index in [0.29, 0.717) is 0 Å². The lowest BCUT2D eigenvalue weighted by Crippen LogP contribution is -2.21. The van der Waals surface area contributed by atoms with E-state index >= 15 is 0 Å². The molecule has 0 amide bonds. The highest BCUT2D eigenvalue weighted by Gasteiger charge is 2.28. The molecule has 0 unspecified atom stereocenters. The number of fused-ring (bicyclic) bond motifs is 3. The average molecular weight is 250 g/mol. The first kappa shape index (κ1) is 12.2. The van der Waals surface area contributed by atoms with Crippen molar-refractivity contribution in [3.63, 3.8) is 0 Å². The molecule has 0 saturated carbocycles. The van der Waals surface area contributed by atoms with Crippen LogP contribution in [0.25, 0.3) is 11.1 Å². The van der Waals surface area contributed by atoms with E-state index in [2.05, 4.69) is 30.3 Å². The first-order valence-electron chi connectivity index (χ1n) is 6.73. The summed E-state index contributed by atoms with van der Waals surface area (Å²) in [5, 5.41) is 0. The molecule has 1 nitrogen and oxygen atoms in total. The Labute approximate surface area is 114 Å². The van der Waals surface area contributed by atoms with Crippen LogP contribution in [0.15, 0.2) is 42.5 Å². The highest BCUT2D eigenvalue weighted by Crippen LogP contribution is 2.39. The van der Waals surface area contributed by atoms with Crippen molar-refractivity contribution in [2.45, 2.75) is 27.2 Å². The lowest BCUT2D eigenvalue weighted by Gasteiger charge is -2.18. The van der Waals surface area contributed by atoms with E-state index < -0.39 is 0 Å². The van der Waals surface area contributed by atoms with Gasteiger partial charge in [0.2, 0.25) is 0 Å². The number of ketones is 1. The van der Waals surface area contributed by atoms with Gasteiger partial charge in [0.1, 0.15) is 0 Å². The number of carbonyl (C=O) groups excluding carboxylic acids is 1. The number of carbonyl (C=O) groups is 1. The van der Waals surface area contributed by atoms with Gasteiger partial charge in [-0.15, -0.1) is 0 Å². The van der Waals surface area contributed by atoms with Crippen molar-refractivity contribution in [1.29, 1.82) is 0 Å². The van der Waals surface area contributed by atoms with Crippen molar-refractivity contribution in [2.75, 3.05) is 0 Å². The van der Waals surface area contributed by atoms with Gasteiger partial charge in [0.05, 0.1) is 0 Å². The molecule has 96 valence electrons. The SMILES string of the molecule is CC(C)(C)C(=O)c1cccc2c1Cc1ccccc1-2. The van der Waals surface area contributed by atoms with Gasteiger partial charge in [0, 0.05) is 11.0 Å². The van der Waals surface area contributed by atoms with Crippen LogP contribution in [0.2, 0.25) is 0 Å². The van der Waals surface area contributed by atoms with Gasteiger partial charge >= 0.3 is 0 Å². The normalized spacial score (nSPS) is 13.0. The van der Waals surface area contributed by atoms with E-state index in [1.165, 1.54) is 22.3 Å². The molecule has 0 fully saturated rings. The van der Waals surface area contributed by atoms with Gasteiger partial charge in [-0.2, -0.15) is 0 Å². The largest absolute Gasteiger partial charge is 0.294 e. The van der Waals surface area contributed by atoms with Gasteiger partial charge in [-0.05, 0) is 28.7 Å². The maximum Gasteiger partial charge on any atom is 0.168 e. The Balaban J connectivity index is 2.17. The van der Waals surface area contributed by atoms with Crippen molar-refractivity contribution in [3.8, 4) is 11.1 Å². The third-order valence-corrected chi connectivity index (χ3v) is 3.78. The summed E-state index contributed by atoms with van der Waals surface area (Å²) in [6.07, 6.45) is 0.878. The summed E-state index contributed by atoms with van der Waals surface area (Å²) in [4.78, 5) is 12.6. The molecule has 0 aromatic heterocycles. The second-order valence-corrected chi connectivity index (χ2v) is 6.24. The molecule has 0 radical (unpaired) electrons. The van der Waals surface area contributed by atoms with Crippen LogP contribution >= 0.6 is 0 Å². The van der Waals surface area contributed by atoms with Crippen LogP contribution in [0.1, 0.15) is 42.3 Å². The summed E-state index contributed by atoms with van der Waals surface area (Å²) < 4.78 is 0. The maximum absolute atomic E-state index is 12.6. The molecule has 0 aliphatic heterocycles. The van der Waals surface area contributed by atoms with E-state index in [1.54, 1.807) is 0 Å². The molecule has 0 saturated heterocycles. The summed E-state index contributed by atoms with van der Waals surface area (Å²) in [5.41, 5.74) is 5.59. The van der Waals surface area contributed by atoms with Crippen LogP contribution in [0, 0.1) is 5.41 Å². The molecule has 1 aliphatic rings. The number of hydrogen-bond acceptors (Lipinski definition) is 1. The lowest BCUT2D eigenvalue weighted by atomic mass is 9.84. The minimum Gasteiger partial charge on any atom is -0.294 e. The highest BCUT2D eigenvalue weighted by atomic mass is 16.1. The Morgan fingerprint density at radius 1 is 0.947 bits per heavy atom. The third-order valence-electron chi connectivity index (χ3n) is 3.78. The first-order valence-corrected chi connectivity index (χ1v) is 6.73. The highest BCUT2D eigenvalue weighted by molar-refractivity contribution is 6.03. The molecule has 3 rings (SSSR count). The Morgan fingerprint density at radius 3 is 2.37 bits per heavy atom. The zero-order valence-corrected chi connectivity index (χ0v) is 11.7. The number of Topliss-reactive ketones (excluding diaryl/α,β-unsaturated/α-hetero) is 1. The van der Waals surface area contributed by atoms with Crippen molar-refractivity contribution >= 4 is 5.78 Å². The van der Waals surface area contributed by atoms with Crippen molar-refractivity contribution < 1.29 is 4.79 Å². The lowest BCUT2D eigenvalue weighted by molar-refractivity contribution is 0.0857. The predicted octanol–water partition coefficient (Wildman–Crippen LogP) is 4.49. The van der Waals surface area contributed by atoms with Gasteiger partial charge in [0.15, 0.2) is 5.78 Å². The fourth-order valence-corrected chi connectivity index (χ4v) is 2.77. The number of rotatable bonds is 1. The third kappa shape index (κ3) is 1.90. The monoisotopic (exact) mass is 250 g/mol. The summed E-state index contributed by atoms with van der Waals surface area (Å²) in [7, 11) is 0. The molecule has 1 heteroatoms. The van der Waals surface area contributed by atoms with Crippen LogP contribution in [0.4, 0.5) is 0 Å². The second kappa shape index (κ2) is 4.06. The fraction of sp³-hybridized carbons (Fsp3) is 0.278. The number of hydrogen-bond donors (Lipinski definition) is 0. The minimum atomic E-state index is -0.329. The van der Waals surface area contributed by atoms with Crippen molar-refractivity contribution in [1.82, 2.24) is 0 Å². The van der Waals surface area contributed by atoms with Gasteiger partial charge in [-0.25, -0.2) is 0 Å². The molecule has 1 aliphatic carbocycles. The van der Waals surface area contributed by atoms with Crippen LogP contribution in [0.5, 0.6) is 0 Å². The van der Waals surface area contributed by atoms with Crippen molar-refractivity contribution in [2.24, 2.45) is 5.41 Å². The molecule has 0 spiro atoms. The van der Waals surface area contributed by atoms with E-state index in [1.807, 2.05) is 32.9 Å². The molecule has 0 N–H and O–H groups in total. The van der Waals surface area contributed by atoms with Crippen molar-refractivity contribution in [3.05, 3.63) is 59.2 Å². The Kier molecular flexibility index (Phi) is 2.60. The van der Waals surface area contributed by atoms with Crippen LogP contribution in [0.3, 0.4) is 0 Å². The Morgan fingerprint density at radius 2 is 1.63 bits per heavy atom. The standard InChI is InChI=1S/C18H18O/c1-18(2,3)17(19)15-10-6-9-14-13-8-5-4-7-12(13)11-16(14)15/h4-10H,11H2,1-3H3. The molecule has 0 atom stereocenters. The molecule has 0 heterocycles. The zero-order chi connectivity index (χ0) is 13.6. The zero-order valence-electron chi connectivity index (χ0n) is 11.7. The van der Waals surface area contributed by atoms with Gasteiger partial charge < -0.3 is 0 Å². The van der Waals surface area contributed by atoms with E-state index in [-0.39, 0.29) is 11.2 Å². The molecule has 2 aromatic rings. The Hall–Kier alpha value is -1.89. The Bertz CT molecular complexity index is 660. The molecule has 2 aromatic carbocycles. The average Bonchev–Trinajstić information content (AvgIpc) is 2.75.